The van der Waals surface area contributed by atoms with Gasteiger partial charge in [-0.05, 0) is 33.1 Å². The van der Waals surface area contributed by atoms with Crippen LogP contribution in [0.5, 0.6) is 0 Å². The largest absolute Gasteiger partial charge is 0.396 e. The number of unbranched alkanes of at least 4 members (excludes halogenated alkanes) is 1. The summed E-state index contributed by atoms with van der Waals surface area (Å²) in [4.78, 5) is 0. The maximum atomic E-state index is 8.48. The molecule has 0 rings (SSSR count). The first kappa shape index (κ1) is 9.88. The van der Waals surface area contributed by atoms with Gasteiger partial charge in [0.2, 0.25) is 0 Å². The molecule has 62 valence electrons. The summed E-state index contributed by atoms with van der Waals surface area (Å²) in [6.45, 7) is 4.37. The summed E-state index contributed by atoms with van der Waals surface area (Å²) < 4.78 is 0. The second kappa shape index (κ2) is 4.66. The lowest BCUT2D eigenvalue weighted by Gasteiger charge is -2.22. The van der Waals surface area contributed by atoms with Crippen molar-refractivity contribution in [2.24, 2.45) is 5.84 Å². The van der Waals surface area contributed by atoms with Crippen LogP contribution in [0.25, 0.3) is 0 Å². The van der Waals surface area contributed by atoms with Gasteiger partial charge in [-0.1, -0.05) is 0 Å². The molecule has 0 aromatic heterocycles. The standard InChI is InChI=1S/C7H18N2O/c1-7(2,9-8)5-3-4-6-10/h9-10H,3-6,8H2,1-2H3. The van der Waals surface area contributed by atoms with Gasteiger partial charge in [0, 0.05) is 12.1 Å². The average Bonchev–Trinajstić information content (AvgIpc) is 1.89. The van der Waals surface area contributed by atoms with Crippen LogP contribution in [0.4, 0.5) is 0 Å². The molecule has 0 aliphatic rings. The van der Waals surface area contributed by atoms with Crippen LogP contribution < -0.4 is 11.3 Å². The third-order valence-corrected chi connectivity index (χ3v) is 1.60. The van der Waals surface area contributed by atoms with Gasteiger partial charge < -0.3 is 5.11 Å². The molecule has 0 aliphatic carbocycles. The molecule has 0 unspecified atom stereocenters. The first-order valence-electron chi connectivity index (χ1n) is 3.71. The summed E-state index contributed by atoms with van der Waals surface area (Å²) >= 11 is 0. The lowest BCUT2D eigenvalue weighted by molar-refractivity contribution is 0.269. The van der Waals surface area contributed by atoms with E-state index in [0.29, 0.717) is 0 Å². The van der Waals surface area contributed by atoms with Crippen LogP contribution in [0, 0.1) is 0 Å². The average molecular weight is 146 g/mol. The van der Waals surface area contributed by atoms with Crippen LogP contribution in [0.3, 0.4) is 0 Å². The van der Waals surface area contributed by atoms with Gasteiger partial charge in [0.05, 0.1) is 0 Å². The van der Waals surface area contributed by atoms with Gasteiger partial charge in [-0.3, -0.25) is 11.3 Å². The van der Waals surface area contributed by atoms with Crippen molar-refractivity contribution in [3.05, 3.63) is 0 Å². The number of hydrazine groups is 1. The number of aliphatic hydroxyl groups excluding tert-OH is 1. The van der Waals surface area contributed by atoms with Crippen molar-refractivity contribution in [1.29, 1.82) is 0 Å². The lowest BCUT2D eigenvalue weighted by Crippen LogP contribution is -2.43. The molecule has 0 heterocycles. The highest BCUT2D eigenvalue weighted by molar-refractivity contribution is 4.73. The Bertz CT molecular complexity index is 83.7. The summed E-state index contributed by atoms with van der Waals surface area (Å²) in [5.41, 5.74) is 2.73. The molecule has 3 heteroatoms. The Balaban J connectivity index is 3.28. The molecule has 0 aromatic rings. The van der Waals surface area contributed by atoms with Crippen LogP contribution >= 0.6 is 0 Å². The van der Waals surface area contributed by atoms with E-state index in [0.717, 1.165) is 19.3 Å². The van der Waals surface area contributed by atoms with Gasteiger partial charge in [-0.2, -0.15) is 0 Å². The Morgan fingerprint density at radius 1 is 1.40 bits per heavy atom. The molecule has 0 spiro atoms. The molecular formula is C7H18N2O. The number of nitrogens with one attached hydrogen (secondary N) is 1. The highest BCUT2D eigenvalue weighted by Gasteiger charge is 2.13. The van der Waals surface area contributed by atoms with Crippen LogP contribution in [0.2, 0.25) is 0 Å². The number of nitrogens with two attached hydrogens (primary N) is 1. The molecule has 0 radical (unpaired) electrons. The summed E-state index contributed by atoms with van der Waals surface area (Å²) in [5.74, 6) is 5.28. The first-order chi connectivity index (χ1) is 4.62. The maximum Gasteiger partial charge on any atom is 0.0431 e. The van der Waals surface area contributed by atoms with Crippen molar-refractivity contribution < 1.29 is 5.11 Å². The van der Waals surface area contributed by atoms with Crippen molar-refractivity contribution in [3.8, 4) is 0 Å². The fourth-order valence-corrected chi connectivity index (χ4v) is 0.751. The normalized spacial score (nSPS) is 12.0. The number of aliphatic hydroxyl groups is 1. The molecule has 0 aromatic carbocycles. The van der Waals surface area contributed by atoms with Gasteiger partial charge in [0.25, 0.3) is 0 Å². The summed E-state index contributed by atoms with van der Waals surface area (Å²) in [6.07, 6.45) is 2.89. The first-order valence-corrected chi connectivity index (χ1v) is 3.71. The molecule has 10 heavy (non-hydrogen) atoms. The van der Waals surface area contributed by atoms with Crippen molar-refractivity contribution in [1.82, 2.24) is 5.43 Å². The molecule has 0 bridgehead atoms. The minimum absolute atomic E-state index is 0.00910. The van der Waals surface area contributed by atoms with E-state index in [2.05, 4.69) is 5.43 Å². The zero-order valence-corrected chi connectivity index (χ0v) is 6.85. The second-order valence-electron chi connectivity index (χ2n) is 3.21. The third-order valence-electron chi connectivity index (χ3n) is 1.60. The molecular weight excluding hydrogens is 128 g/mol. The van der Waals surface area contributed by atoms with E-state index in [9.17, 15) is 0 Å². The maximum absolute atomic E-state index is 8.48. The van der Waals surface area contributed by atoms with Gasteiger partial charge in [0.1, 0.15) is 0 Å². The molecule has 4 N–H and O–H groups in total. The second-order valence-corrected chi connectivity index (χ2v) is 3.21. The van der Waals surface area contributed by atoms with Crippen molar-refractivity contribution in [2.75, 3.05) is 6.61 Å². The number of hydrogen-bond acceptors (Lipinski definition) is 3. The Labute approximate surface area is 62.6 Å². The van der Waals surface area contributed by atoms with E-state index in [1.54, 1.807) is 0 Å². The SMILES string of the molecule is CC(C)(CCCCO)NN. The molecule has 0 saturated heterocycles. The zero-order valence-electron chi connectivity index (χ0n) is 6.85. The smallest absolute Gasteiger partial charge is 0.0431 e. The molecule has 0 atom stereocenters. The van der Waals surface area contributed by atoms with E-state index < -0.39 is 0 Å². The van der Waals surface area contributed by atoms with E-state index >= 15 is 0 Å². The van der Waals surface area contributed by atoms with Gasteiger partial charge in [0.15, 0.2) is 0 Å². The molecule has 3 nitrogen and oxygen atoms in total. The summed E-state index contributed by atoms with van der Waals surface area (Å²) in [6, 6.07) is 0. The van der Waals surface area contributed by atoms with Crippen LogP contribution in [0.15, 0.2) is 0 Å². The Hall–Kier alpha value is -0.120. The molecule has 0 aliphatic heterocycles. The highest BCUT2D eigenvalue weighted by atomic mass is 16.2. The Morgan fingerprint density at radius 3 is 2.40 bits per heavy atom. The van der Waals surface area contributed by atoms with Gasteiger partial charge >= 0.3 is 0 Å². The quantitative estimate of drug-likeness (QED) is 0.299. The summed E-state index contributed by atoms with van der Waals surface area (Å²) in [7, 11) is 0. The van der Waals surface area contributed by atoms with Gasteiger partial charge in [-0.15, -0.1) is 0 Å². The third kappa shape index (κ3) is 4.73. The lowest BCUT2D eigenvalue weighted by atomic mass is 9.99. The molecule has 0 amide bonds. The minimum Gasteiger partial charge on any atom is -0.396 e. The van der Waals surface area contributed by atoms with E-state index in [1.807, 2.05) is 13.8 Å². The van der Waals surface area contributed by atoms with Crippen LogP contribution in [0.1, 0.15) is 33.1 Å². The van der Waals surface area contributed by atoms with E-state index in [4.69, 9.17) is 10.9 Å². The van der Waals surface area contributed by atoms with Gasteiger partial charge in [-0.25, -0.2) is 0 Å². The van der Waals surface area contributed by atoms with Crippen LogP contribution in [-0.2, 0) is 0 Å². The van der Waals surface area contributed by atoms with E-state index in [1.165, 1.54) is 0 Å². The minimum atomic E-state index is 0.00910. The fourth-order valence-electron chi connectivity index (χ4n) is 0.751. The number of hydrogen-bond donors (Lipinski definition) is 3. The Morgan fingerprint density at radius 2 is 2.00 bits per heavy atom. The van der Waals surface area contributed by atoms with Crippen LogP contribution in [-0.4, -0.2) is 17.3 Å². The van der Waals surface area contributed by atoms with Crippen molar-refractivity contribution in [3.63, 3.8) is 0 Å². The fraction of sp³-hybridized carbons (Fsp3) is 1.00. The monoisotopic (exact) mass is 146 g/mol. The molecule has 0 fully saturated rings. The number of rotatable bonds is 5. The zero-order chi connectivity index (χ0) is 8.04. The topological polar surface area (TPSA) is 58.3 Å². The predicted molar refractivity (Wildman–Crippen MR) is 42.3 cm³/mol. The molecule has 0 saturated carbocycles. The summed E-state index contributed by atoms with van der Waals surface area (Å²) in [5, 5.41) is 8.48. The Kier molecular flexibility index (Phi) is 4.60. The highest BCUT2D eigenvalue weighted by Crippen LogP contribution is 2.10. The van der Waals surface area contributed by atoms with E-state index in [-0.39, 0.29) is 12.1 Å². The van der Waals surface area contributed by atoms with Crippen molar-refractivity contribution >= 4 is 0 Å². The van der Waals surface area contributed by atoms with Crippen molar-refractivity contribution in [2.45, 2.75) is 38.6 Å². The predicted octanol–water partition coefficient (Wildman–Crippen LogP) is 0.391.